The Balaban J connectivity index is 1.25. The number of imidazole rings is 1. The molecule has 80 heavy (non-hydrogen) atoms. The topological polar surface area (TPSA) is 356 Å². The molecule has 23 nitrogen and oxygen atoms in total. The van der Waals surface area contributed by atoms with Gasteiger partial charge in [0.25, 0.3) is 30.4 Å². The van der Waals surface area contributed by atoms with Gasteiger partial charge in [0.15, 0.2) is 11.3 Å². The fraction of sp³-hybridized carbons (Fsp3) is 0.275. The van der Waals surface area contributed by atoms with E-state index in [1.807, 2.05) is 19.1 Å². The smallest absolute Gasteiger partial charge is 0.264 e. The van der Waals surface area contributed by atoms with Crippen LogP contribution >= 0.6 is 35.1 Å². The summed E-state index contributed by atoms with van der Waals surface area (Å²) in [6.07, 6.45) is 0.0598. The number of para-hydroxylation sites is 1. The van der Waals surface area contributed by atoms with E-state index in [2.05, 4.69) is 52.0 Å². The van der Waals surface area contributed by atoms with E-state index in [1.165, 1.54) is 40.1 Å². The molecule has 0 bridgehead atoms. The van der Waals surface area contributed by atoms with E-state index in [-0.39, 0.29) is 88.5 Å². The Morgan fingerprint density at radius 2 is 1.10 bits per heavy atom. The molecule has 0 unspecified atom stereocenters. The summed E-state index contributed by atoms with van der Waals surface area (Å²) >= 11 is 8.52. The Bertz CT molecular complexity index is 4140. The molecule has 5 aromatic carbocycles. The molecule has 2 aromatic heterocycles. The summed E-state index contributed by atoms with van der Waals surface area (Å²) in [5.74, 6) is -1.37. The predicted molar refractivity (Wildman–Crippen MR) is 305 cm³/mol. The summed E-state index contributed by atoms with van der Waals surface area (Å²) in [6.45, 7) is 8.48. The molecule has 0 saturated carbocycles. The number of benzene rings is 5. The molecule has 4 N–H and O–H groups in total. The molecule has 0 radical (unpaired) electrons. The number of nitriles is 2. The van der Waals surface area contributed by atoms with Crippen molar-refractivity contribution in [2.75, 3.05) is 35.4 Å². The van der Waals surface area contributed by atoms with Crippen molar-refractivity contribution in [3.8, 4) is 23.8 Å². The number of aryl methyl sites for hydroxylation is 4. The van der Waals surface area contributed by atoms with Crippen LogP contribution in [0.1, 0.15) is 58.2 Å². The Kier molecular flexibility index (Phi) is 19.6. The van der Waals surface area contributed by atoms with Crippen molar-refractivity contribution in [3.63, 3.8) is 0 Å². The number of nitrogens with zero attached hydrogens (tertiary/aromatic N) is 12. The number of ether oxygens (including phenoxy) is 1. The molecule has 0 saturated heterocycles. The van der Waals surface area contributed by atoms with Gasteiger partial charge in [-0.3, -0.25) is 18.1 Å². The van der Waals surface area contributed by atoms with E-state index < -0.39 is 47.6 Å². The molecule has 416 valence electrons. The molecule has 29 heteroatoms. The molecule has 7 rings (SSSR count). The number of hydrogen-bond donors (Lipinski definition) is 4. The normalized spacial score (nSPS) is 12.5. The van der Waals surface area contributed by atoms with Crippen molar-refractivity contribution in [2.45, 2.75) is 63.7 Å². The van der Waals surface area contributed by atoms with Crippen LogP contribution in [0.2, 0.25) is 5.02 Å². The maximum absolute atomic E-state index is 11.6. The molecule has 0 aliphatic rings. The Morgan fingerprint density at radius 3 is 1.64 bits per heavy atom. The van der Waals surface area contributed by atoms with Gasteiger partial charge in [0.05, 0.1) is 68.9 Å². The minimum atomic E-state index is -4.32. The van der Waals surface area contributed by atoms with Crippen LogP contribution < -0.4 is 4.74 Å². The Morgan fingerprint density at radius 1 is 0.600 bits per heavy atom. The molecular weight excluding hydrogens is 1150 g/mol. The van der Waals surface area contributed by atoms with Crippen molar-refractivity contribution >= 4 is 128 Å². The van der Waals surface area contributed by atoms with E-state index in [9.17, 15) is 54.5 Å². The van der Waals surface area contributed by atoms with Gasteiger partial charge in [-0.05, 0) is 142 Å². The van der Waals surface area contributed by atoms with Gasteiger partial charge in [0.1, 0.15) is 34.8 Å². The average molecular weight is 1200 g/mol. The van der Waals surface area contributed by atoms with Crippen LogP contribution in [0.15, 0.2) is 124 Å². The highest BCUT2D eigenvalue weighted by Gasteiger charge is 2.22. The number of hydrogen-bond acceptors (Lipinski definition) is 21. The molecule has 0 fully saturated rings. The van der Waals surface area contributed by atoms with Crippen LogP contribution in [-0.4, -0.2) is 88.8 Å². The van der Waals surface area contributed by atoms with Crippen LogP contribution in [0.3, 0.4) is 0 Å². The summed E-state index contributed by atoms with van der Waals surface area (Å²) in [5, 5.41) is 67.6. The summed E-state index contributed by atoms with van der Waals surface area (Å²) in [7, 11) is -12.8. The molecular formula is C51H49ClN12O11S5. The van der Waals surface area contributed by atoms with Gasteiger partial charge in [-0.2, -0.15) is 51.1 Å². The largest absolute Gasteiger partial charge is 0.493 e. The maximum Gasteiger partial charge on any atom is 0.264 e. The number of pyridine rings is 1. The number of azo groups is 4. The van der Waals surface area contributed by atoms with Crippen LogP contribution in [-0.2, 0) is 30.4 Å². The zero-order valence-corrected chi connectivity index (χ0v) is 48.1. The Hall–Kier alpha value is -7.25. The first kappa shape index (κ1) is 60.4. The van der Waals surface area contributed by atoms with E-state index in [0.717, 1.165) is 5.56 Å². The summed E-state index contributed by atoms with van der Waals surface area (Å²) in [4.78, 5) is 5.66. The number of fused-ring (bicyclic) bond motifs is 3. The number of thioether (sulfide) groups is 2. The van der Waals surface area contributed by atoms with Gasteiger partial charge >= 0.3 is 0 Å². The van der Waals surface area contributed by atoms with E-state index in [4.69, 9.17) is 16.3 Å². The van der Waals surface area contributed by atoms with Crippen LogP contribution in [0.25, 0.3) is 16.7 Å². The molecule has 0 aliphatic carbocycles. The average Bonchev–Trinajstić information content (AvgIpc) is 4.06. The third kappa shape index (κ3) is 15.8. The van der Waals surface area contributed by atoms with Crippen molar-refractivity contribution < 1.29 is 48.8 Å². The molecule has 7 aromatic rings. The maximum atomic E-state index is 11.6. The molecule has 0 aliphatic heterocycles. The molecule has 0 spiro atoms. The van der Waals surface area contributed by atoms with Gasteiger partial charge < -0.3 is 9.84 Å². The zero-order chi connectivity index (χ0) is 58.1. The minimum Gasteiger partial charge on any atom is -0.493 e. The van der Waals surface area contributed by atoms with Crippen molar-refractivity contribution in [1.29, 1.82) is 10.5 Å². The summed E-state index contributed by atoms with van der Waals surface area (Å²) in [6, 6.07) is 24.0. The second-order valence-electron chi connectivity index (χ2n) is 17.9. The monoisotopic (exact) mass is 1200 g/mol. The summed E-state index contributed by atoms with van der Waals surface area (Å²) < 4.78 is 105. The quantitative estimate of drug-likeness (QED) is 0.0200. The van der Waals surface area contributed by atoms with Gasteiger partial charge in [0, 0.05) is 26.4 Å². The highest BCUT2D eigenvalue weighted by Crippen LogP contribution is 2.44. The third-order valence-corrected chi connectivity index (χ3v) is 16.7. The highest BCUT2D eigenvalue weighted by atomic mass is 35.5. The fourth-order valence-corrected chi connectivity index (χ4v) is 11.6. The minimum absolute atomic E-state index is 0.0280. The summed E-state index contributed by atoms with van der Waals surface area (Å²) in [5.41, 5.74) is 6.70. The Labute approximate surface area is 473 Å². The predicted octanol–water partition coefficient (Wildman–Crippen LogP) is 14.2. The fourth-order valence-electron chi connectivity index (χ4n) is 7.71. The van der Waals surface area contributed by atoms with Gasteiger partial charge in [0.2, 0.25) is 5.88 Å². The standard InChI is InChI=1S/C51H49ClN12O11S5/c1-29-10-6-11-44-48(29)55-50-36(28-54)33(5)49(51(65)64(44)50)63-60-41-20-30(2)38(24-45(41)75-14-7-17-78(66,67)68)57-61-42-22-32(4)40(26-47(42)77-16-9-19-80(72,73)74)59-62-43-21-31(3)39(25-46(43)76-15-8-18-79(69,70)71)58-56-37-13-12-35(52)23-34(37)27-53/h6,10-13,20-26,65H,7-9,14-19H2,1-5H3,(H,66,67,68)(H,69,70,71)(H,72,73,74). The first-order chi connectivity index (χ1) is 37.8. The van der Waals surface area contributed by atoms with E-state index >= 15 is 0 Å². The lowest BCUT2D eigenvalue weighted by Crippen LogP contribution is -2.08. The van der Waals surface area contributed by atoms with Gasteiger partial charge in [-0.15, -0.1) is 49.1 Å². The van der Waals surface area contributed by atoms with Gasteiger partial charge in [-0.1, -0.05) is 23.7 Å². The highest BCUT2D eigenvalue weighted by molar-refractivity contribution is 7.99. The number of aromatic nitrogens is 2. The first-order valence-electron chi connectivity index (χ1n) is 23.9. The van der Waals surface area contributed by atoms with Crippen molar-refractivity contribution in [3.05, 3.63) is 117 Å². The van der Waals surface area contributed by atoms with Crippen LogP contribution in [0.5, 0.6) is 11.6 Å². The van der Waals surface area contributed by atoms with E-state index in [1.54, 1.807) is 82.3 Å². The third-order valence-electron chi connectivity index (χ3n) is 11.8. The number of aromatic hydroxyl groups is 1. The lowest BCUT2D eigenvalue weighted by atomic mass is 10.1. The number of rotatable bonds is 23. The molecule has 0 atom stereocenters. The zero-order valence-electron chi connectivity index (χ0n) is 43.2. The van der Waals surface area contributed by atoms with E-state index in [0.29, 0.717) is 70.9 Å². The molecule has 0 amide bonds. The van der Waals surface area contributed by atoms with Gasteiger partial charge in [-0.25, -0.2) is 4.98 Å². The lowest BCUT2D eigenvalue weighted by Gasteiger charge is -2.12. The first-order valence-corrected chi connectivity index (χ1v) is 31.1. The van der Waals surface area contributed by atoms with Crippen molar-refractivity contribution in [1.82, 2.24) is 9.38 Å². The number of halogens is 1. The second kappa shape index (κ2) is 25.9. The second-order valence-corrected chi connectivity index (χ2v) is 25.3. The van der Waals surface area contributed by atoms with Crippen LogP contribution in [0.4, 0.5) is 45.5 Å². The SMILES string of the molecule is Cc1cc(N=Nc2cc(SCCCS(=O)(=O)O)c(N=Nc3cc(OCCCS(=O)(=O)O)c(N=Nc4c(C)c(C#N)c5nc6c(C)cccc6n5c4O)cc3C)cc2C)c(SCCCS(=O)(=O)O)cc1N=Nc1ccc(Cl)cc1C#N. The lowest BCUT2D eigenvalue weighted by molar-refractivity contribution is 0.317. The molecule has 2 heterocycles. The van der Waals surface area contributed by atoms with Crippen LogP contribution in [0, 0.1) is 57.3 Å². The van der Waals surface area contributed by atoms with Crippen molar-refractivity contribution in [2.24, 2.45) is 40.9 Å².